The van der Waals surface area contributed by atoms with E-state index in [0.717, 1.165) is 27.8 Å². The van der Waals surface area contributed by atoms with Gasteiger partial charge in [-0.15, -0.1) is 0 Å². The maximum atomic E-state index is 10.1. The molecule has 2 aromatic rings. The van der Waals surface area contributed by atoms with Crippen LogP contribution in [0.4, 0.5) is 0 Å². The molecular weight excluding hydrogens is 308 g/mol. The van der Waals surface area contributed by atoms with Crippen molar-refractivity contribution >= 4 is 5.57 Å². The van der Waals surface area contributed by atoms with Gasteiger partial charge >= 0.3 is 0 Å². The number of allylic oxidation sites excluding steroid dienone is 1. The molecule has 1 saturated heterocycles. The minimum atomic E-state index is -0.929. The van der Waals surface area contributed by atoms with Crippen LogP contribution >= 0.6 is 0 Å². The average Bonchev–Trinajstić information content (AvgIpc) is 3.25. The van der Waals surface area contributed by atoms with Gasteiger partial charge < -0.3 is 4.74 Å². The average molecular weight is 324 g/mol. The molecule has 0 saturated carbocycles. The summed E-state index contributed by atoms with van der Waals surface area (Å²) in [7, 11) is 0. The van der Waals surface area contributed by atoms with E-state index in [1.165, 1.54) is 5.56 Å². The van der Waals surface area contributed by atoms with Gasteiger partial charge in [-0.1, -0.05) is 48.5 Å². The fourth-order valence-corrected chi connectivity index (χ4v) is 5.12. The standard InChI is InChI=1S/C22H16N2O/c1-20-18(12-23)16(14-7-4-3-5-8-14)11-15-9-6-10-17(19(15)20)22(13-24)21(20,2)25-22/h3-10H,11H2,1-2H3. The molecule has 2 aliphatic carbocycles. The van der Waals surface area contributed by atoms with E-state index >= 15 is 0 Å². The first kappa shape index (κ1) is 14.5. The van der Waals surface area contributed by atoms with E-state index in [1.54, 1.807) is 0 Å². The van der Waals surface area contributed by atoms with E-state index in [-0.39, 0.29) is 0 Å². The Morgan fingerprint density at radius 3 is 2.44 bits per heavy atom. The second kappa shape index (κ2) is 4.20. The topological polar surface area (TPSA) is 60.1 Å². The maximum Gasteiger partial charge on any atom is 0.210 e. The van der Waals surface area contributed by atoms with Crippen LogP contribution in [0.1, 0.15) is 36.1 Å². The Bertz CT molecular complexity index is 1060. The summed E-state index contributed by atoms with van der Waals surface area (Å²) in [5.74, 6) is 0. The summed E-state index contributed by atoms with van der Waals surface area (Å²) >= 11 is 0. The lowest BCUT2D eigenvalue weighted by atomic mass is 9.63. The molecule has 0 radical (unpaired) electrons. The highest BCUT2D eigenvalue weighted by molar-refractivity contribution is 5.84. The number of ether oxygens (including phenoxy) is 1. The van der Waals surface area contributed by atoms with Crippen LogP contribution in [0.15, 0.2) is 54.1 Å². The summed E-state index contributed by atoms with van der Waals surface area (Å²) in [6, 6.07) is 21.1. The third-order valence-corrected chi connectivity index (χ3v) is 6.53. The largest absolute Gasteiger partial charge is 0.341 e. The molecule has 1 aliphatic heterocycles. The minimum absolute atomic E-state index is 0.604. The Labute approximate surface area is 146 Å². The highest BCUT2D eigenvalue weighted by Gasteiger charge is 2.83. The van der Waals surface area contributed by atoms with Gasteiger partial charge in [-0.3, -0.25) is 0 Å². The van der Waals surface area contributed by atoms with Gasteiger partial charge in [-0.25, -0.2) is 0 Å². The van der Waals surface area contributed by atoms with E-state index in [1.807, 2.05) is 49.4 Å². The molecule has 1 fully saturated rings. The summed E-state index contributed by atoms with van der Waals surface area (Å²) in [5.41, 5.74) is 3.88. The molecule has 0 bridgehead atoms. The zero-order chi connectivity index (χ0) is 17.4. The molecule has 25 heavy (non-hydrogen) atoms. The first-order valence-corrected chi connectivity index (χ1v) is 8.47. The SMILES string of the molecule is CC12C(C#N)=C(c3ccccc3)Cc3cccc(c31)C1(C#N)OC12C. The number of nitrogens with zero attached hydrogens (tertiary/aromatic N) is 2. The van der Waals surface area contributed by atoms with E-state index in [9.17, 15) is 10.5 Å². The minimum Gasteiger partial charge on any atom is -0.341 e. The number of hydrogen-bond acceptors (Lipinski definition) is 3. The molecule has 0 amide bonds. The molecule has 3 heteroatoms. The Morgan fingerprint density at radius 2 is 1.76 bits per heavy atom. The lowest BCUT2D eigenvalue weighted by molar-refractivity contribution is 0.218. The lowest BCUT2D eigenvalue weighted by Gasteiger charge is -2.38. The fraction of sp³-hybridized carbons (Fsp3) is 0.273. The molecule has 120 valence electrons. The van der Waals surface area contributed by atoms with Crippen molar-refractivity contribution in [1.82, 2.24) is 0 Å². The van der Waals surface area contributed by atoms with Gasteiger partial charge in [0.2, 0.25) is 5.60 Å². The summed E-state index contributed by atoms with van der Waals surface area (Å²) in [5, 5.41) is 20.0. The van der Waals surface area contributed by atoms with Crippen molar-refractivity contribution in [3.05, 3.63) is 76.4 Å². The van der Waals surface area contributed by atoms with Crippen LogP contribution in [0.3, 0.4) is 0 Å². The summed E-state index contributed by atoms with van der Waals surface area (Å²) in [4.78, 5) is 0. The monoisotopic (exact) mass is 324 g/mol. The molecule has 3 unspecified atom stereocenters. The molecular formula is C22H16N2O. The molecule has 0 aromatic heterocycles. The van der Waals surface area contributed by atoms with Crippen molar-refractivity contribution in [1.29, 1.82) is 10.5 Å². The van der Waals surface area contributed by atoms with Gasteiger partial charge in [0.25, 0.3) is 0 Å². The number of epoxide rings is 1. The third kappa shape index (κ3) is 1.33. The summed E-state index contributed by atoms with van der Waals surface area (Å²) in [6.07, 6.45) is 0.712. The molecule has 0 spiro atoms. The third-order valence-electron chi connectivity index (χ3n) is 6.53. The zero-order valence-electron chi connectivity index (χ0n) is 14.1. The molecule has 5 rings (SSSR count). The molecule has 1 heterocycles. The highest BCUT2D eigenvalue weighted by atomic mass is 16.6. The van der Waals surface area contributed by atoms with Crippen LogP contribution in [-0.2, 0) is 22.2 Å². The zero-order valence-corrected chi connectivity index (χ0v) is 14.1. The molecule has 0 N–H and O–H groups in total. The van der Waals surface area contributed by atoms with Crippen LogP contribution in [0, 0.1) is 22.7 Å². The van der Waals surface area contributed by atoms with Gasteiger partial charge in [0.05, 0.1) is 11.5 Å². The van der Waals surface area contributed by atoms with Crippen molar-refractivity contribution in [2.75, 3.05) is 0 Å². The quantitative estimate of drug-likeness (QED) is 0.745. The van der Waals surface area contributed by atoms with E-state index in [0.29, 0.717) is 6.42 Å². The van der Waals surface area contributed by atoms with Crippen LogP contribution in [0.5, 0.6) is 0 Å². The highest BCUT2D eigenvalue weighted by Crippen LogP contribution is 2.74. The maximum absolute atomic E-state index is 10.1. The van der Waals surface area contributed by atoms with Crippen LogP contribution in [0.25, 0.3) is 5.57 Å². The fourth-order valence-electron chi connectivity index (χ4n) is 5.12. The Morgan fingerprint density at radius 1 is 1.00 bits per heavy atom. The molecule has 2 aromatic carbocycles. The van der Waals surface area contributed by atoms with Crippen molar-refractivity contribution in [2.24, 2.45) is 0 Å². The Balaban J connectivity index is 1.88. The van der Waals surface area contributed by atoms with E-state index in [4.69, 9.17) is 4.74 Å². The van der Waals surface area contributed by atoms with Crippen LogP contribution in [0.2, 0.25) is 0 Å². The van der Waals surface area contributed by atoms with E-state index in [2.05, 4.69) is 25.1 Å². The predicted molar refractivity (Wildman–Crippen MR) is 93.3 cm³/mol. The normalized spacial score (nSPS) is 33.9. The molecule has 3 nitrogen and oxygen atoms in total. The number of benzene rings is 2. The van der Waals surface area contributed by atoms with Gasteiger partial charge in [-0.2, -0.15) is 10.5 Å². The first-order chi connectivity index (χ1) is 12.0. The molecule has 3 aliphatic rings. The summed E-state index contributed by atoms with van der Waals surface area (Å²) in [6.45, 7) is 4.05. The van der Waals surface area contributed by atoms with Crippen molar-refractivity contribution in [3.63, 3.8) is 0 Å². The molecule has 3 atom stereocenters. The van der Waals surface area contributed by atoms with E-state index < -0.39 is 16.6 Å². The van der Waals surface area contributed by atoms with Gasteiger partial charge in [0.15, 0.2) is 0 Å². The van der Waals surface area contributed by atoms with Gasteiger partial charge in [0.1, 0.15) is 11.7 Å². The number of nitriles is 2. The van der Waals surface area contributed by atoms with Crippen molar-refractivity contribution in [2.45, 2.75) is 36.9 Å². The van der Waals surface area contributed by atoms with Gasteiger partial charge in [-0.05, 0) is 42.5 Å². The van der Waals surface area contributed by atoms with Crippen LogP contribution in [-0.4, -0.2) is 5.60 Å². The smallest absolute Gasteiger partial charge is 0.210 e. The van der Waals surface area contributed by atoms with Crippen molar-refractivity contribution < 1.29 is 4.74 Å². The Kier molecular flexibility index (Phi) is 2.43. The first-order valence-electron chi connectivity index (χ1n) is 8.47. The predicted octanol–water partition coefficient (Wildman–Crippen LogP) is 4.00. The lowest BCUT2D eigenvalue weighted by Crippen LogP contribution is -2.41. The second-order valence-corrected chi connectivity index (χ2v) is 7.40. The van der Waals surface area contributed by atoms with Crippen LogP contribution < -0.4 is 0 Å². The Hall–Kier alpha value is -2.88. The number of fused-ring (bicyclic) bond motifs is 3. The number of rotatable bonds is 1. The van der Waals surface area contributed by atoms with Crippen molar-refractivity contribution in [3.8, 4) is 12.1 Å². The second-order valence-electron chi connectivity index (χ2n) is 7.40. The van der Waals surface area contributed by atoms with Gasteiger partial charge in [0, 0.05) is 11.1 Å². The summed E-state index contributed by atoms with van der Waals surface area (Å²) < 4.78 is 6.07. The number of hydrogen-bond donors (Lipinski definition) is 0.